The van der Waals surface area contributed by atoms with Crippen LogP contribution < -0.4 is 0 Å². The van der Waals surface area contributed by atoms with Gasteiger partial charge in [-0.25, -0.2) is 0 Å². The van der Waals surface area contributed by atoms with Gasteiger partial charge in [-0.1, -0.05) is 26.2 Å². The molecule has 1 rings (SSSR count). The summed E-state index contributed by atoms with van der Waals surface area (Å²) in [6.45, 7) is 6.39. The van der Waals surface area contributed by atoms with Gasteiger partial charge >= 0.3 is 0 Å². The summed E-state index contributed by atoms with van der Waals surface area (Å²) in [5.74, 6) is 0. The summed E-state index contributed by atoms with van der Waals surface area (Å²) in [6.07, 6.45) is 6.85. The Balaban J connectivity index is 2.03. The molecule has 1 heterocycles. The summed E-state index contributed by atoms with van der Waals surface area (Å²) in [5.41, 5.74) is 0. The van der Waals surface area contributed by atoms with Crippen molar-refractivity contribution in [3.05, 3.63) is 0 Å². The molecule has 0 aromatic carbocycles. The van der Waals surface area contributed by atoms with E-state index in [0.717, 1.165) is 6.42 Å². The van der Waals surface area contributed by atoms with E-state index < -0.39 is 0 Å². The van der Waals surface area contributed by atoms with Gasteiger partial charge in [-0.3, -0.25) is 0 Å². The van der Waals surface area contributed by atoms with Crippen molar-refractivity contribution < 1.29 is 9.47 Å². The highest BCUT2D eigenvalue weighted by molar-refractivity contribution is 4.69. The Hall–Kier alpha value is -0.0800. The fraction of sp³-hybridized carbons (Fsp3) is 1.00. The van der Waals surface area contributed by atoms with Gasteiger partial charge in [-0.2, -0.15) is 0 Å². The Labute approximate surface area is 81.6 Å². The predicted molar refractivity (Wildman–Crippen MR) is 53.6 cm³/mol. The maximum Gasteiger partial charge on any atom is 0.158 e. The fourth-order valence-electron chi connectivity index (χ4n) is 1.61. The Bertz CT molecular complexity index is 126. The third-order valence-electron chi connectivity index (χ3n) is 2.69. The molecule has 78 valence electrons. The van der Waals surface area contributed by atoms with Crippen molar-refractivity contribution >= 4 is 0 Å². The van der Waals surface area contributed by atoms with Crippen molar-refractivity contribution in [2.45, 2.75) is 71.4 Å². The standard InChI is InChI=1S/C11H22O2/c1-4-5-6-7-8-11-12-9(2)10(3)13-11/h9-11H,4-8H2,1-3H3/t9-,10-/m1/s1. The largest absolute Gasteiger partial charge is 0.347 e. The SMILES string of the molecule is CCCCCCC1O[C@H](C)[C@@H](C)O1. The lowest BCUT2D eigenvalue weighted by Crippen LogP contribution is -2.13. The summed E-state index contributed by atoms with van der Waals surface area (Å²) in [5, 5.41) is 0. The normalized spacial score (nSPS) is 29.8. The van der Waals surface area contributed by atoms with E-state index in [0.29, 0.717) is 0 Å². The molecule has 0 amide bonds. The average molecular weight is 186 g/mol. The Kier molecular flexibility index (Phi) is 4.74. The third kappa shape index (κ3) is 3.65. The van der Waals surface area contributed by atoms with Crippen LogP contribution in [-0.4, -0.2) is 18.5 Å². The zero-order valence-electron chi connectivity index (χ0n) is 9.08. The van der Waals surface area contributed by atoms with E-state index in [1.165, 1.54) is 25.7 Å². The molecule has 0 aromatic heterocycles. The summed E-state index contributed by atoms with van der Waals surface area (Å²) in [4.78, 5) is 0. The molecule has 2 heteroatoms. The second-order valence-corrected chi connectivity index (χ2v) is 3.96. The Morgan fingerprint density at radius 3 is 2.08 bits per heavy atom. The lowest BCUT2D eigenvalue weighted by atomic mass is 10.1. The van der Waals surface area contributed by atoms with Gasteiger partial charge in [-0.15, -0.1) is 0 Å². The highest BCUT2D eigenvalue weighted by Crippen LogP contribution is 2.22. The van der Waals surface area contributed by atoms with Gasteiger partial charge in [-0.05, 0) is 26.7 Å². The summed E-state index contributed by atoms with van der Waals surface area (Å²) < 4.78 is 11.3. The van der Waals surface area contributed by atoms with Crippen LogP contribution in [0.15, 0.2) is 0 Å². The molecule has 0 aromatic rings. The van der Waals surface area contributed by atoms with Gasteiger partial charge in [0.05, 0.1) is 12.2 Å². The van der Waals surface area contributed by atoms with Crippen LogP contribution in [0.2, 0.25) is 0 Å². The molecular weight excluding hydrogens is 164 g/mol. The van der Waals surface area contributed by atoms with Gasteiger partial charge in [0, 0.05) is 0 Å². The van der Waals surface area contributed by atoms with Gasteiger partial charge < -0.3 is 9.47 Å². The van der Waals surface area contributed by atoms with Crippen LogP contribution in [-0.2, 0) is 9.47 Å². The first-order valence-corrected chi connectivity index (χ1v) is 5.55. The highest BCUT2D eigenvalue weighted by atomic mass is 16.7. The van der Waals surface area contributed by atoms with Crippen LogP contribution in [0, 0.1) is 0 Å². The van der Waals surface area contributed by atoms with Gasteiger partial charge in [0.1, 0.15) is 0 Å². The van der Waals surface area contributed by atoms with E-state index in [2.05, 4.69) is 20.8 Å². The molecule has 2 atom stereocenters. The molecule has 2 nitrogen and oxygen atoms in total. The van der Waals surface area contributed by atoms with E-state index in [4.69, 9.17) is 9.47 Å². The zero-order valence-corrected chi connectivity index (χ0v) is 9.08. The second kappa shape index (κ2) is 5.61. The quantitative estimate of drug-likeness (QED) is 0.614. The minimum absolute atomic E-state index is 0.0712. The molecule has 0 radical (unpaired) electrons. The van der Waals surface area contributed by atoms with E-state index in [1.54, 1.807) is 0 Å². The first-order chi connectivity index (χ1) is 6.24. The van der Waals surface area contributed by atoms with Crippen LogP contribution in [0.3, 0.4) is 0 Å². The van der Waals surface area contributed by atoms with Crippen LogP contribution in [0.4, 0.5) is 0 Å². The summed E-state index contributed by atoms with van der Waals surface area (Å²) in [6, 6.07) is 0. The molecule has 1 saturated heterocycles. The average Bonchev–Trinajstić information content (AvgIpc) is 2.41. The molecule has 0 aliphatic carbocycles. The summed E-state index contributed by atoms with van der Waals surface area (Å²) >= 11 is 0. The number of hydrogen-bond donors (Lipinski definition) is 0. The van der Waals surface area contributed by atoms with Crippen LogP contribution >= 0.6 is 0 Å². The zero-order chi connectivity index (χ0) is 9.68. The van der Waals surface area contributed by atoms with Gasteiger partial charge in [0.15, 0.2) is 6.29 Å². The highest BCUT2D eigenvalue weighted by Gasteiger charge is 2.28. The lowest BCUT2D eigenvalue weighted by Gasteiger charge is -2.08. The summed E-state index contributed by atoms with van der Waals surface area (Å²) in [7, 11) is 0. The number of unbranched alkanes of at least 4 members (excludes halogenated alkanes) is 3. The maximum atomic E-state index is 5.63. The minimum Gasteiger partial charge on any atom is -0.347 e. The van der Waals surface area contributed by atoms with Crippen molar-refractivity contribution in [1.29, 1.82) is 0 Å². The van der Waals surface area contributed by atoms with Crippen molar-refractivity contribution in [3.8, 4) is 0 Å². The van der Waals surface area contributed by atoms with Crippen molar-refractivity contribution in [2.24, 2.45) is 0 Å². The molecule has 1 aliphatic rings. The van der Waals surface area contributed by atoms with E-state index >= 15 is 0 Å². The molecule has 0 saturated carbocycles. The van der Waals surface area contributed by atoms with Gasteiger partial charge in [0.2, 0.25) is 0 Å². The van der Waals surface area contributed by atoms with Crippen molar-refractivity contribution in [1.82, 2.24) is 0 Å². The smallest absolute Gasteiger partial charge is 0.158 e. The molecule has 13 heavy (non-hydrogen) atoms. The topological polar surface area (TPSA) is 18.5 Å². The Morgan fingerprint density at radius 2 is 1.54 bits per heavy atom. The van der Waals surface area contributed by atoms with E-state index in [-0.39, 0.29) is 18.5 Å². The molecule has 0 spiro atoms. The Morgan fingerprint density at radius 1 is 0.923 bits per heavy atom. The van der Waals surface area contributed by atoms with Crippen molar-refractivity contribution in [2.75, 3.05) is 0 Å². The molecule has 0 bridgehead atoms. The number of hydrogen-bond acceptors (Lipinski definition) is 2. The van der Waals surface area contributed by atoms with Crippen molar-refractivity contribution in [3.63, 3.8) is 0 Å². The van der Waals surface area contributed by atoms with E-state index in [9.17, 15) is 0 Å². The van der Waals surface area contributed by atoms with Crippen LogP contribution in [0.5, 0.6) is 0 Å². The number of rotatable bonds is 5. The first-order valence-electron chi connectivity index (χ1n) is 5.55. The minimum atomic E-state index is 0.0712. The van der Waals surface area contributed by atoms with Gasteiger partial charge in [0.25, 0.3) is 0 Å². The first kappa shape index (κ1) is 11.0. The lowest BCUT2D eigenvalue weighted by molar-refractivity contribution is -0.0681. The second-order valence-electron chi connectivity index (χ2n) is 3.96. The molecule has 1 fully saturated rings. The monoisotopic (exact) mass is 186 g/mol. The number of ether oxygens (including phenoxy) is 2. The molecule has 1 aliphatic heterocycles. The van der Waals surface area contributed by atoms with E-state index in [1.807, 2.05) is 0 Å². The molecule has 0 N–H and O–H groups in total. The molecule has 0 unspecified atom stereocenters. The third-order valence-corrected chi connectivity index (χ3v) is 2.69. The predicted octanol–water partition coefficient (Wildman–Crippen LogP) is 3.11. The van der Waals surface area contributed by atoms with Crippen LogP contribution in [0.25, 0.3) is 0 Å². The maximum absolute atomic E-state index is 5.63. The molecular formula is C11H22O2. The fourth-order valence-corrected chi connectivity index (χ4v) is 1.61. The van der Waals surface area contributed by atoms with Crippen LogP contribution in [0.1, 0.15) is 52.9 Å².